The lowest BCUT2D eigenvalue weighted by Crippen LogP contribution is -2.18. The van der Waals surface area contributed by atoms with E-state index in [2.05, 4.69) is 5.32 Å². The number of nitro benzene ring substituents is 1. The van der Waals surface area contributed by atoms with E-state index < -0.39 is 16.7 Å². The Morgan fingerprint density at radius 1 is 1.22 bits per heavy atom. The monoisotopic (exact) mass is 385 g/mol. The highest BCUT2D eigenvalue weighted by atomic mass is 32.1. The summed E-state index contributed by atoms with van der Waals surface area (Å²) >= 11 is 1.36. The third-order valence-corrected chi connectivity index (χ3v) is 5.79. The highest BCUT2D eigenvalue weighted by Gasteiger charge is 2.26. The second-order valence-electron chi connectivity index (χ2n) is 6.32. The molecule has 0 saturated heterocycles. The number of furan rings is 1. The van der Waals surface area contributed by atoms with Gasteiger partial charge >= 0.3 is 0 Å². The Morgan fingerprint density at radius 3 is 2.74 bits per heavy atom. The van der Waals surface area contributed by atoms with Crippen molar-refractivity contribution < 1.29 is 18.9 Å². The van der Waals surface area contributed by atoms with Crippen molar-refractivity contribution in [1.82, 2.24) is 0 Å². The van der Waals surface area contributed by atoms with E-state index in [1.807, 2.05) is 0 Å². The summed E-state index contributed by atoms with van der Waals surface area (Å²) in [6.45, 7) is 0. The van der Waals surface area contributed by atoms with Gasteiger partial charge in [0, 0.05) is 22.4 Å². The summed E-state index contributed by atoms with van der Waals surface area (Å²) < 4.78 is 5.49. The quantitative estimate of drug-likeness (QED) is 0.523. The first-order valence-electron chi connectivity index (χ1n) is 8.37. The number of thiophene rings is 1. The van der Waals surface area contributed by atoms with Crippen molar-refractivity contribution in [3.8, 4) is 0 Å². The van der Waals surface area contributed by atoms with Gasteiger partial charge in [0.15, 0.2) is 5.76 Å². The molecule has 9 heteroatoms. The summed E-state index contributed by atoms with van der Waals surface area (Å²) in [7, 11) is 0. The number of hydrogen-bond donors (Lipinski definition) is 2. The fraction of sp³-hybridized carbons (Fsp3) is 0.222. The number of nitrogens with two attached hydrogens (primary N) is 1. The zero-order valence-corrected chi connectivity index (χ0v) is 14.9. The van der Waals surface area contributed by atoms with Crippen LogP contribution in [0.25, 0.3) is 11.0 Å². The summed E-state index contributed by atoms with van der Waals surface area (Å²) in [6.07, 6.45) is 3.67. The van der Waals surface area contributed by atoms with Gasteiger partial charge in [-0.05, 0) is 43.4 Å². The minimum absolute atomic E-state index is 0.00675. The lowest BCUT2D eigenvalue weighted by molar-refractivity contribution is -0.384. The first-order chi connectivity index (χ1) is 12.9. The van der Waals surface area contributed by atoms with Crippen molar-refractivity contribution in [2.45, 2.75) is 25.7 Å². The molecule has 1 aromatic carbocycles. The van der Waals surface area contributed by atoms with Crippen LogP contribution in [0.2, 0.25) is 0 Å². The van der Waals surface area contributed by atoms with E-state index in [0.29, 0.717) is 21.5 Å². The van der Waals surface area contributed by atoms with Crippen LogP contribution in [0.5, 0.6) is 0 Å². The fourth-order valence-electron chi connectivity index (χ4n) is 3.34. The highest BCUT2D eigenvalue weighted by molar-refractivity contribution is 7.17. The lowest BCUT2D eigenvalue weighted by Gasteiger charge is -2.11. The van der Waals surface area contributed by atoms with Crippen LogP contribution < -0.4 is 11.1 Å². The number of hydrogen-bond acceptors (Lipinski definition) is 6. The van der Waals surface area contributed by atoms with Crippen molar-refractivity contribution in [1.29, 1.82) is 0 Å². The average Bonchev–Trinajstić information content (AvgIpc) is 3.21. The summed E-state index contributed by atoms with van der Waals surface area (Å²) in [5, 5.41) is 14.5. The summed E-state index contributed by atoms with van der Waals surface area (Å²) in [5.41, 5.74) is 7.11. The molecule has 4 rings (SSSR count). The number of carbonyl (C=O) groups excluding carboxylic acids is 2. The number of primary amides is 1. The molecule has 2 heterocycles. The molecule has 27 heavy (non-hydrogen) atoms. The number of anilines is 1. The topological polar surface area (TPSA) is 128 Å². The molecule has 0 unspecified atom stereocenters. The van der Waals surface area contributed by atoms with E-state index in [-0.39, 0.29) is 11.4 Å². The van der Waals surface area contributed by atoms with Crippen molar-refractivity contribution in [2.24, 2.45) is 5.73 Å². The third-order valence-electron chi connectivity index (χ3n) is 4.58. The molecule has 1 aliphatic carbocycles. The number of fused-ring (bicyclic) bond motifs is 2. The molecule has 8 nitrogen and oxygen atoms in total. The molecule has 0 saturated carbocycles. The largest absolute Gasteiger partial charge is 0.451 e. The van der Waals surface area contributed by atoms with E-state index in [1.54, 1.807) is 0 Å². The first-order valence-corrected chi connectivity index (χ1v) is 9.19. The minimum Gasteiger partial charge on any atom is -0.451 e. The number of non-ortho nitro benzene ring substituents is 1. The van der Waals surface area contributed by atoms with Gasteiger partial charge in [0.05, 0.1) is 10.5 Å². The molecule has 138 valence electrons. The van der Waals surface area contributed by atoms with Crippen LogP contribution in [0.4, 0.5) is 10.7 Å². The van der Waals surface area contributed by atoms with Gasteiger partial charge in [-0.25, -0.2) is 0 Å². The molecule has 0 fully saturated rings. The Hall–Kier alpha value is -3.20. The second-order valence-corrected chi connectivity index (χ2v) is 7.43. The van der Waals surface area contributed by atoms with Crippen molar-refractivity contribution in [2.75, 3.05) is 5.32 Å². The number of nitrogens with one attached hydrogen (secondary N) is 1. The van der Waals surface area contributed by atoms with Gasteiger partial charge in [-0.1, -0.05) is 0 Å². The van der Waals surface area contributed by atoms with Gasteiger partial charge in [0.2, 0.25) is 0 Å². The van der Waals surface area contributed by atoms with Crippen LogP contribution in [-0.2, 0) is 12.8 Å². The predicted octanol–water partition coefficient (Wildman–Crippen LogP) is 3.63. The van der Waals surface area contributed by atoms with Crippen molar-refractivity contribution in [3.05, 3.63) is 56.1 Å². The number of nitro groups is 1. The van der Waals surface area contributed by atoms with Crippen molar-refractivity contribution in [3.63, 3.8) is 0 Å². The van der Waals surface area contributed by atoms with Crippen LogP contribution in [-0.4, -0.2) is 16.7 Å². The number of nitrogens with zero attached hydrogens (tertiary/aromatic N) is 1. The molecule has 2 aromatic heterocycles. The average molecular weight is 385 g/mol. The van der Waals surface area contributed by atoms with Gasteiger partial charge in [-0.3, -0.25) is 19.7 Å². The molecule has 0 radical (unpaired) electrons. The Balaban J connectivity index is 1.66. The first kappa shape index (κ1) is 17.2. The number of rotatable bonds is 4. The Bertz CT molecular complexity index is 1100. The number of aryl methyl sites for hydroxylation is 1. The third kappa shape index (κ3) is 3.06. The van der Waals surface area contributed by atoms with E-state index >= 15 is 0 Å². The minimum atomic E-state index is -0.565. The van der Waals surface area contributed by atoms with Gasteiger partial charge in [-0.15, -0.1) is 11.3 Å². The molecule has 1 aliphatic rings. The maximum absolute atomic E-state index is 12.6. The number of carbonyl (C=O) groups is 2. The van der Waals surface area contributed by atoms with Crippen LogP contribution >= 0.6 is 11.3 Å². The van der Waals surface area contributed by atoms with Crippen LogP contribution in [0.3, 0.4) is 0 Å². The molecule has 3 aromatic rings. The normalized spacial score (nSPS) is 13.3. The van der Waals surface area contributed by atoms with E-state index in [9.17, 15) is 19.7 Å². The molecule has 2 amide bonds. The predicted molar refractivity (Wildman–Crippen MR) is 100 cm³/mol. The number of amides is 2. The summed E-state index contributed by atoms with van der Waals surface area (Å²) in [5.74, 6) is -1.09. The highest BCUT2D eigenvalue weighted by Crippen LogP contribution is 2.38. The molecular formula is C18H15N3O5S. The molecule has 0 aliphatic heterocycles. The van der Waals surface area contributed by atoms with Gasteiger partial charge in [0.1, 0.15) is 10.6 Å². The van der Waals surface area contributed by atoms with E-state index in [4.69, 9.17) is 10.2 Å². The molecular weight excluding hydrogens is 370 g/mol. The maximum Gasteiger partial charge on any atom is 0.292 e. The zero-order valence-electron chi connectivity index (χ0n) is 14.1. The maximum atomic E-state index is 12.6. The Labute approximate surface area is 157 Å². The Kier molecular flexibility index (Phi) is 4.15. The SMILES string of the molecule is NC(=O)c1c(NC(=O)c2cc3cc([N+](=O)[O-])ccc3o2)sc2c1CCCC2. The second kappa shape index (κ2) is 6.51. The van der Waals surface area contributed by atoms with E-state index in [0.717, 1.165) is 36.1 Å². The Morgan fingerprint density at radius 2 is 2.00 bits per heavy atom. The van der Waals surface area contributed by atoms with Crippen LogP contribution in [0.1, 0.15) is 44.2 Å². The smallest absolute Gasteiger partial charge is 0.292 e. The van der Waals surface area contributed by atoms with Crippen LogP contribution in [0.15, 0.2) is 28.7 Å². The fourth-order valence-corrected chi connectivity index (χ4v) is 4.63. The van der Waals surface area contributed by atoms with Gasteiger partial charge < -0.3 is 15.5 Å². The summed E-state index contributed by atoms with van der Waals surface area (Å²) in [4.78, 5) is 36.0. The lowest BCUT2D eigenvalue weighted by atomic mass is 9.95. The van der Waals surface area contributed by atoms with Crippen molar-refractivity contribution >= 4 is 44.8 Å². The van der Waals surface area contributed by atoms with Gasteiger partial charge in [0.25, 0.3) is 17.5 Å². The molecule has 3 N–H and O–H groups in total. The molecule has 0 atom stereocenters. The standard InChI is InChI=1S/C18H15N3O5S/c19-16(22)15-11-3-1-2-4-14(11)27-18(15)20-17(23)13-8-9-7-10(21(24)25)5-6-12(9)26-13/h5-8H,1-4H2,(H2,19,22)(H,20,23). The summed E-state index contributed by atoms with van der Waals surface area (Å²) in [6, 6.07) is 5.54. The number of benzene rings is 1. The van der Waals surface area contributed by atoms with E-state index in [1.165, 1.54) is 35.6 Å². The molecule has 0 bridgehead atoms. The van der Waals surface area contributed by atoms with Gasteiger partial charge in [-0.2, -0.15) is 0 Å². The zero-order chi connectivity index (χ0) is 19.1. The molecule has 0 spiro atoms. The van der Waals surface area contributed by atoms with Crippen LogP contribution in [0, 0.1) is 10.1 Å².